The van der Waals surface area contributed by atoms with Crippen molar-refractivity contribution in [1.29, 1.82) is 0 Å². The fourth-order valence-corrected chi connectivity index (χ4v) is 4.43. The Morgan fingerprint density at radius 1 is 0.946 bits per heavy atom. The summed E-state index contributed by atoms with van der Waals surface area (Å²) in [6.45, 7) is 1.60. The Morgan fingerprint density at radius 3 is 2.08 bits per heavy atom. The van der Waals surface area contributed by atoms with Crippen molar-refractivity contribution in [2.75, 3.05) is 17.2 Å². The molecular weight excluding hydrogens is 568 g/mol. The van der Waals surface area contributed by atoms with Gasteiger partial charge in [0, 0.05) is 12.1 Å². The third-order valence-corrected chi connectivity index (χ3v) is 6.32. The Balaban J connectivity index is 0.00000342. The smallest absolute Gasteiger partial charge is 0.744 e. The molecule has 17 heteroatoms. The second kappa shape index (κ2) is 14.3. The topological polar surface area (TPSA) is 197 Å². The number of aliphatic hydroxyl groups excluding tert-OH is 1. The molecule has 3 aromatic rings. The fourth-order valence-electron chi connectivity index (χ4n) is 2.92. The molecule has 37 heavy (non-hydrogen) atoms. The third-order valence-electron chi connectivity index (χ3n) is 4.34. The number of nitrogens with one attached hydrogen (secondary N) is 2. The first kappa shape index (κ1) is 33.9. The van der Waals surface area contributed by atoms with Crippen LogP contribution in [0.15, 0.2) is 58.3 Å². The summed E-state index contributed by atoms with van der Waals surface area (Å²) in [6, 6.07) is 10.4. The van der Waals surface area contributed by atoms with E-state index in [1.165, 1.54) is 43.3 Å². The summed E-state index contributed by atoms with van der Waals surface area (Å²) in [5.41, 5.74) is -0.355. The van der Waals surface area contributed by atoms with Crippen LogP contribution in [0.25, 0.3) is 11.8 Å². The molecule has 0 spiro atoms. The molecule has 0 saturated carbocycles. The number of hydrogen-bond donors (Lipinski definition) is 3. The molecule has 0 bridgehead atoms. The number of aliphatic hydroxyl groups is 1. The maximum atomic E-state index is 11.9. The molecule has 3 N–H and O–H groups in total. The van der Waals surface area contributed by atoms with E-state index in [2.05, 4.69) is 25.6 Å². The summed E-state index contributed by atoms with van der Waals surface area (Å²) in [6.07, 6.45) is 0.423. The maximum Gasteiger partial charge on any atom is 1.00 e. The largest absolute Gasteiger partial charge is 1.00 e. The van der Waals surface area contributed by atoms with Crippen molar-refractivity contribution in [1.82, 2.24) is 15.0 Å². The van der Waals surface area contributed by atoms with Gasteiger partial charge in [-0.05, 0) is 42.3 Å². The minimum absolute atomic E-state index is 0. The van der Waals surface area contributed by atoms with Crippen molar-refractivity contribution < 1.29 is 90.2 Å². The zero-order valence-corrected chi connectivity index (χ0v) is 26.3. The van der Waals surface area contributed by atoms with E-state index in [4.69, 9.17) is 11.6 Å². The first-order chi connectivity index (χ1) is 16.3. The van der Waals surface area contributed by atoms with Crippen LogP contribution in [0, 0.1) is 0 Å². The molecule has 0 radical (unpaired) electrons. The second-order valence-corrected chi connectivity index (χ2v) is 10.1. The van der Waals surface area contributed by atoms with Crippen LogP contribution in [-0.4, -0.2) is 58.6 Å². The normalized spacial score (nSPS) is 12.6. The van der Waals surface area contributed by atoms with E-state index >= 15 is 0 Å². The van der Waals surface area contributed by atoms with Crippen LogP contribution in [0.4, 0.5) is 11.9 Å². The third kappa shape index (κ3) is 9.84. The van der Waals surface area contributed by atoms with Gasteiger partial charge in [-0.1, -0.05) is 36.4 Å². The zero-order valence-electron chi connectivity index (χ0n) is 19.9. The molecule has 1 atom stereocenters. The number of anilines is 2. The molecule has 186 valence electrons. The van der Waals surface area contributed by atoms with Gasteiger partial charge < -0.3 is 24.8 Å². The van der Waals surface area contributed by atoms with E-state index in [-0.39, 0.29) is 99.7 Å². The van der Waals surface area contributed by atoms with Crippen molar-refractivity contribution in [2.45, 2.75) is 22.8 Å². The van der Waals surface area contributed by atoms with Crippen LogP contribution in [-0.2, 0) is 20.2 Å². The zero-order chi connectivity index (χ0) is 25.8. The van der Waals surface area contributed by atoms with Gasteiger partial charge in [-0.15, -0.1) is 0 Å². The van der Waals surface area contributed by atoms with Crippen LogP contribution >= 0.6 is 11.6 Å². The predicted octanol–water partition coefficient (Wildman–Crippen LogP) is -4.26. The summed E-state index contributed by atoms with van der Waals surface area (Å²) in [7, 11) is -9.87. The molecule has 1 unspecified atom stereocenters. The molecular formula is C20H18ClN5Na2O7S2. The van der Waals surface area contributed by atoms with Crippen molar-refractivity contribution >= 4 is 55.5 Å². The number of benzene rings is 2. The molecule has 0 aliphatic rings. The van der Waals surface area contributed by atoms with Gasteiger partial charge in [0.1, 0.15) is 20.2 Å². The summed E-state index contributed by atoms with van der Waals surface area (Å²) < 4.78 is 70.9. The molecule has 0 aliphatic heterocycles. The van der Waals surface area contributed by atoms with E-state index in [1.54, 1.807) is 0 Å². The number of nitrogens with zero attached hydrogens (tertiary/aromatic N) is 3. The molecule has 0 amide bonds. The van der Waals surface area contributed by atoms with Gasteiger partial charge in [0.2, 0.25) is 17.2 Å². The second-order valence-electron chi connectivity index (χ2n) is 7.11. The van der Waals surface area contributed by atoms with Gasteiger partial charge in [-0.25, -0.2) is 16.8 Å². The molecule has 3 rings (SSSR count). The quantitative estimate of drug-likeness (QED) is 0.124. The van der Waals surface area contributed by atoms with Gasteiger partial charge in [0.25, 0.3) is 0 Å². The number of hydrogen-bond acceptors (Lipinski definition) is 12. The van der Waals surface area contributed by atoms with Gasteiger partial charge >= 0.3 is 59.1 Å². The minimum Gasteiger partial charge on any atom is -0.744 e. The Morgan fingerprint density at radius 2 is 1.49 bits per heavy atom. The summed E-state index contributed by atoms with van der Waals surface area (Å²) in [5, 5.41) is 14.6. The van der Waals surface area contributed by atoms with Crippen molar-refractivity contribution in [3.8, 4) is 0 Å². The van der Waals surface area contributed by atoms with Crippen molar-refractivity contribution in [3.05, 3.63) is 64.9 Å². The maximum absolute atomic E-state index is 11.9. The molecule has 0 saturated heterocycles. The van der Waals surface area contributed by atoms with E-state index in [0.717, 1.165) is 18.2 Å². The monoisotopic (exact) mass is 585 g/mol. The summed E-state index contributed by atoms with van der Waals surface area (Å²) in [5.74, 6) is -0.232. The Hall–Kier alpha value is -1.14. The summed E-state index contributed by atoms with van der Waals surface area (Å²) in [4.78, 5) is 10.7. The average Bonchev–Trinajstić information content (AvgIpc) is 2.76. The molecule has 12 nitrogen and oxygen atoms in total. The van der Waals surface area contributed by atoms with E-state index in [9.17, 15) is 31.0 Å². The number of rotatable bonds is 9. The van der Waals surface area contributed by atoms with E-state index in [0.29, 0.717) is 0 Å². The molecule has 0 aliphatic carbocycles. The summed E-state index contributed by atoms with van der Waals surface area (Å²) >= 11 is 5.95. The van der Waals surface area contributed by atoms with Gasteiger partial charge in [-0.2, -0.15) is 15.0 Å². The standard InChI is InChI=1S/C20H20ClN5O7S2.2Na/c1-12(27)11-22-19-24-18(21)25-20(26-19)23-15(14-7-3-5-9-17(14)35(31,32)33)10-13-6-2-4-8-16(13)34(28,29)30;;/h2-10,12,27H,11H2,1H3,(H,28,29,30)(H,31,32,33)(H2,22,23,24,25,26);;/q;2*+1/p-2. The predicted molar refractivity (Wildman–Crippen MR) is 125 cm³/mol. The van der Waals surface area contributed by atoms with E-state index in [1.807, 2.05) is 0 Å². The Kier molecular flexibility index (Phi) is 13.1. The van der Waals surface area contributed by atoms with Crippen molar-refractivity contribution in [3.63, 3.8) is 0 Å². The molecule has 0 fully saturated rings. The Labute approximate surface area is 263 Å². The van der Waals surface area contributed by atoms with Gasteiger partial charge in [-0.3, -0.25) is 0 Å². The van der Waals surface area contributed by atoms with Gasteiger partial charge in [0.15, 0.2) is 0 Å². The van der Waals surface area contributed by atoms with Gasteiger partial charge in [0.05, 0.1) is 21.6 Å². The molecule has 2 aromatic carbocycles. The molecule has 1 heterocycles. The minimum atomic E-state index is -4.97. The van der Waals surface area contributed by atoms with Crippen LogP contribution in [0.2, 0.25) is 5.28 Å². The number of halogens is 1. The van der Waals surface area contributed by atoms with Crippen LogP contribution in [0.1, 0.15) is 18.1 Å². The van der Waals surface area contributed by atoms with Crippen LogP contribution in [0.5, 0.6) is 0 Å². The molecule has 1 aromatic heterocycles. The SMILES string of the molecule is CC(O)CNc1nc(Cl)nc(NC(=Cc2ccccc2S(=O)(=O)[O-])c2ccccc2S(=O)(=O)[O-])n1.[Na+].[Na+]. The van der Waals surface area contributed by atoms with Crippen LogP contribution < -0.4 is 69.7 Å². The van der Waals surface area contributed by atoms with E-state index < -0.39 is 36.1 Å². The number of aromatic nitrogens is 3. The van der Waals surface area contributed by atoms with Crippen LogP contribution in [0.3, 0.4) is 0 Å². The average molecular weight is 586 g/mol. The van der Waals surface area contributed by atoms with Crippen molar-refractivity contribution in [2.24, 2.45) is 0 Å². The first-order valence-corrected chi connectivity index (χ1v) is 13.0. The first-order valence-electron chi connectivity index (χ1n) is 9.77. The fraction of sp³-hybridized carbons (Fsp3) is 0.150. The Bertz CT molecular complexity index is 1490.